The van der Waals surface area contributed by atoms with E-state index in [0.717, 1.165) is 0 Å². The van der Waals surface area contributed by atoms with Gasteiger partial charge in [-0.1, -0.05) is 0 Å². The number of hydrogen-bond donors (Lipinski definition) is 0. The molecular weight excluding hydrogens is 414 g/mol. The van der Waals surface area contributed by atoms with Gasteiger partial charge in [-0.25, -0.2) is 13.9 Å². The average molecular weight is 440 g/mol. The van der Waals surface area contributed by atoms with Crippen molar-refractivity contribution in [3.8, 4) is 5.69 Å². The molecule has 0 saturated carbocycles. The highest BCUT2D eigenvalue weighted by molar-refractivity contribution is 7.53. The van der Waals surface area contributed by atoms with Gasteiger partial charge in [-0.15, -0.1) is 0 Å². The average Bonchev–Trinajstić information content (AvgIpc) is 3.28. The van der Waals surface area contributed by atoms with E-state index in [1.807, 2.05) is 0 Å². The predicted molar refractivity (Wildman–Crippen MR) is 107 cm³/mol. The Kier molecular flexibility index (Phi) is 7.41. The van der Waals surface area contributed by atoms with Crippen molar-refractivity contribution < 1.29 is 32.3 Å². The monoisotopic (exact) mass is 440 g/mol. The third-order valence-electron chi connectivity index (χ3n) is 4.61. The van der Waals surface area contributed by atoms with Gasteiger partial charge in [0.25, 0.3) is 0 Å². The first kappa shape index (κ1) is 22.6. The van der Waals surface area contributed by atoms with Crippen LogP contribution < -0.4 is 0 Å². The molecule has 1 aliphatic carbocycles. The molecular formula is C20H26FN2O6P. The van der Waals surface area contributed by atoms with E-state index in [4.69, 9.17) is 18.5 Å². The zero-order valence-corrected chi connectivity index (χ0v) is 18.2. The van der Waals surface area contributed by atoms with Crippen molar-refractivity contribution in [2.24, 2.45) is 0 Å². The Hall–Kier alpha value is -2.06. The fraction of sp³-hybridized carbons (Fsp3) is 0.500. The van der Waals surface area contributed by atoms with E-state index in [9.17, 15) is 13.8 Å². The number of carbonyl (C=O) groups excluding carboxylic acids is 1. The summed E-state index contributed by atoms with van der Waals surface area (Å²) in [7, 11) is -3.39. The summed E-state index contributed by atoms with van der Waals surface area (Å²) in [4.78, 5) is 12.4. The van der Waals surface area contributed by atoms with Crippen LogP contribution in [0.3, 0.4) is 0 Å². The number of benzene rings is 1. The maximum absolute atomic E-state index is 13.4. The standard InChI is InChI=1S/C20H26FN2O6P/c1-4-26-20(24)18-16-11-12-17(27-13-30(25,28-5-2)29-6-3)19(16)23(22-18)15-9-7-14(21)8-10-15/h7-10,17H,4-6,11-13H2,1-3H3. The fourth-order valence-electron chi connectivity index (χ4n) is 3.44. The minimum atomic E-state index is -3.39. The van der Waals surface area contributed by atoms with Gasteiger partial charge in [-0.2, -0.15) is 5.10 Å². The molecule has 0 amide bonds. The highest BCUT2D eigenvalue weighted by atomic mass is 31.2. The van der Waals surface area contributed by atoms with Gasteiger partial charge >= 0.3 is 13.6 Å². The Morgan fingerprint density at radius 3 is 2.43 bits per heavy atom. The van der Waals surface area contributed by atoms with Crippen LogP contribution in [0.2, 0.25) is 0 Å². The van der Waals surface area contributed by atoms with E-state index in [-0.39, 0.29) is 37.7 Å². The molecule has 3 rings (SSSR count). The molecule has 2 aromatic rings. The summed E-state index contributed by atoms with van der Waals surface area (Å²) in [5.74, 6) is -0.903. The molecule has 0 radical (unpaired) electrons. The Labute approximate surface area is 174 Å². The molecule has 10 heteroatoms. The van der Waals surface area contributed by atoms with Crippen molar-refractivity contribution in [3.05, 3.63) is 47.0 Å². The number of fused-ring (bicyclic) bond motifs is 1. The summed E-state index contributed by atoms with van der Waals surface area (Å²) in [5, 5.41) is 4.43. The first-order chi connectivity index (χ1) is 14.4. The number of nitrogens with zero attached hydrogens (tertiary/aromatic N) is 2. The molecule has 1 aromatic carbocycles. The molecule has 0 fully saturated rings. The van der Waals surface area contributed by atoms with Crippen molar-refractivity contribution >= 4 is 13.6 Å². The summed E-state index contributed by atoms with van der Waals surface area (Å²) < 4.78 is 49.4. The molecule has 1 unspecified atom stereocenters. The van der Waals surface area contributed by atoms with E-state index in [1.54, 1.807) is 37.6 Å². The second-order valence-corrected chi connectivity index (χ2v) is 8.59. The van der Waals surface area contributed by atoms with Gasteiger partial charge < -0.3 is 18.5 Å². The second-order valence-electron chi connectivity index (χ2n) is 6.59. The van der Waals surface area contributed by atoms with Gasteiger partial charge in [0.2, 0.25) is 0 Å². The normalized spacial score (nSPS) is 15.9. The van der Waals surface area contributed by atoms with Crippen LogP contribution in [0.15, 0.2) is 24.3 Å². The van der Waals surface area contributed by atoms with Crippen molar-refractivity contribution in [3.63, 3.8) is 0 Å². The molecule has 1 heterocycles. The van der Waals surface area contributed by atoms with Crippen LogP contribution >= 0.6 is 7.60 Å². The van der Waals surface area contributed by atoms with Gasteiger partial charge in [-0.3, -0.25) is 4.57 Å². The van der Waals surface area contributed by atoms with Crippen molar-refractivity contribution in [1.29, 1.82) is 0 Å². The van der Waals surface area contributed by atoms with Crippen molar-refractivity contribution in [2.75, 3.05) is 26.2 Å². The molecule has 1 aromatic heterocycles. The summed E-state index contributed by atoms with van der Waals surface area (Å²) in [5.41, 5.74) is 2.16. The lowest BCUT2D eigenvalue weighted by molar-refractivity contribution is 0.0516. The zero-order valence-electron chi connectivity index (χ0n) is 17.3. The maximum Gasteiger partial charge on any atom is 0.359 e. The molecule has 0 spiro atoms. The van der Waals surface area contributed by atoms with Crippen LogP contribution in [0.5, 0.6) is 0 Å². The Morgan fingerprint density at radius 1 is 1.17 bits per heavy atom. The number of esters is 1. The molecule has 1 aliphatic rings. The molecule has 1 atom stereocenters. The molecule has 0 N–H and O–H groups in total. The third kappa shape index (κ3) is 4.81. The number of ether oxygens (including phenoxy) is 2. The predicted octanol–water partition coefficient (Wildman–Crippen LogP) is 4.42. The number of carbonyl (C=O) groups is 1. The molecule has 8 nitrogen and oxygen atoms in total. The summed E-state index contributed by atoms with van der Waals surface area (Å²) in [6.45, 7) is 5.88. The lowest BCUT2D eigenvalue weighted by Gasteiger charge is -2.20. The van der Waals surface area contributed by atoms with Crippen LogP contribution in [-0.4, -0.2) is 41.9 Å². The van der Waals surface area contributed by atoms with E-state index >= 15 is 0 Å². The first-order valence-electron chi connectivity index (χ1n) is 9.97. The van der Waals surface area contributed by atoms with Crippen molar-refractivity contribution in [1.82, 2.24) is 9.78 Å². The third-order valence-corrected chi connectivity index (χ3v) is 6.38. The van der Waals surface area contributed by atoms with Crippen LogP contribution in [0.4, 0.5) is 4.39 Å². The number of hydrogen-bond acceptors (Lipinski definition) is 7. The zero-order chi connectivity index (χ0) is 21.7. The summed E-state index contributed by atoms with van der Waals surface area (Å²) >= 11 is 0. The van der Waals surface area contributed by atoms with Crippen LogP contribution in [-0.2, 0) is 29.5 Å². The van der Waals surface area contributed by atoms with Gasteiger partial charge in [-0.05, 0) is 57.9 Å². The molecule has 30 heavy (non-hydrogen) atoms. The summed E-state index contributed by atoms with van der Waals surface area (Å²) in [6, 6.07) is 5.77. The second kappa shape index (κ2) is 9.83. The van der Waals surface area contributed by atoms with Crippen LogP contribution in [0, 0.1) is 5.82 Å². The number of rotatable bonds is 10. The van der Waals surface area contributed by atoms with Gasteiger partial charge in [0.1, 0.15) is 18.3 Å². The van der Waals surface area contributed by atoms with Gasteiger partial charge in [0.15, 0.2) is 5.69 Å². The lowest BCUT2D eigenvalue weighted by atomic mass is 10.2. The quantitative estimate of drug-likeness (QED) is 0.399. The largest absolute Gasteiger partial charge is 0.461 e. The number of aromatic nitrogens is 2. The Balaban J connectivity index is 1.94. The smallest absolute Gasteiger partial charge is 0.359 e. The number of halogens is 1. The van der Waals surface area contributed by atoms with E-state index in [1.165, 1.54) is 12.1 Å². The summed E-state index contributed by atoms with van der Waals surface area (Å²) in [6.07, 6.45) is 0.416. The van der Waals surface area contributed by atoms with E-state index < -0.39 is 19.7 Å². The van der Waals surface area contributed by atoms with E-state index in [2.05, 4.69) is 5.10 Å². The SMILES string of the molecule is CCOC(=O)c1nn(-c2ccc(F)cc2)c2c1CCC2OCP(=O)(OCC)OCC. The molecule has 0 saturated heterocycles. The molecule has 164 valence electrons. The van der Waals surface area contributed by atoms with Crippen LogP contribution in [0.1, 0.15) is 55.0 Å². The highest BCUT2D eigenvalue weighted by Crippen LogP contribution is 2.50. The molecule has 0 bridgehead atoms. The van der Waals surface area contributed by atoms with Gasteiger partial charge in [0.05, 0.1) is 31.2 Å². The van der Waals surface area contributed by atoms with Crippen LogP contribution in [0.25, 0.3) is 5.69 Å². The maximum atomic E-state index is 13.4. The minimum absolute atomic E-state index is 0.208. The molecule has 0 aliphatic heterocycles. The Morgan fingerprint density at radius 2 is 1.83 bits per heavy atom. The fourth-order valence-corrected chi connectivity index (χ4v) is 4.82. The lowest BCUT2D eigenvalue weighted by Crippen LogP contribution is -2.12. The first-order valence-corrected chi connectivity index (χ1v) is 11.7. The van der Waals surface area contributed by atoms with Crippen molar-refractivity contribution in [2.45, 2.75) is 39.7 Å². The van der Waals surface area contributed by atoms with E-state index in [0.29, 0.717) is 29.8 Å². The highest BCUT2D eigenvalue weighted by Gasteiger charge is 2.36. The van der Waals surface area contributed by atoms with Gasteiger partial charge in [0, 0.05) is 5.56 Å². The topological polar surface area (TPSA) is 88.9 Å². The minimum Gasteiger partial charge on any atom is -0.461 e. The Bertz CT molecular complexity index is 920.